The Morgan fingerprint density at radius 3 is 2.73 bits per heavy atom. The highest BCUT2D eigenvalue weighted by Crippen LogP contribution is 2.32. The minimum absolute atomic E-state index is 0.00557. The first-order chi connectivity index (χ1) is 14.6. The van der Waals surface area contributed by atoms with Crippen LogP contribution in [0, 0.1) is 13.8 Å². The second-order valence-electron chi connectivity index (χ2n) is 7.84. The van der Waals surface area contributed by atoms with Gasteiger partial charge in [-0.15, -0.1) is 10.2 Å². The van der Waals surface area contributed by atoms with E-state index in [2.05, 4.69) is 41.2 Å². The average molecular weight is 398 g/mol. The zero-order valence-corrected chi connectivity index (χ0v) is 17.0. The Balaban J connectivity index is 1.41. The number of nitrogens with zero attached hydrogens (tertiary/aromatic N) is 4. The number of anilines is 1. The van der Waals surface area contributed by atoms with Crippen LogP contribution in [0.1, 0.15) is 35.8 Å². The van der Waals surface area contributed by atoms with Crippen molar-refractivity contribution in [1.82, 2.24) is 15.2 Å². The van der Waals surface area contributed by atoms with Gasteiger partial charge in [-0.2, -0.15) is 0 Å². The van der Waals surface area contributed by atoms with Gasteiger partial charge in [0.15, 0.2) is 0 Å². The number of pyridine rings is 1. The van der Waals surface area contributed by atoms with Crippen molar-refractivity contribution in [2.45, 2.75) is 32.6 Å². The minimum Gasteiger partial charge on any atom is -0.419 e. The number of para-hydroxylation sites is 1. The third-order valence-electron chi connectivity index (χ3n) is 5.82. The van der Waals surface area contributed by atoms with Crippen molar-refractivity contribution in [3.05, 3.63) is 71.6 Å². The van der Waals surface area contributed by atoms with E-state index in [0.717, 1.165) is 16.6 Å². The number of hydrogen-bond donors (Lipinski definition) is 0. The van der Waals surface area contributed by atoms with Crippen LogP contribution in [0.5, 0.6) is 0 Å². The summed E-state index contributed by atoms with van der Waals surface area (Å²) in [5.41, 5.74) is 4.85. The van der Waals surface area contributed by atoms with E-state index in [4.69, 9.17) is 4.42 Å². The fourth-order valence-corrected chi connectivity index (χ4v) is 3.88. The Bertz CT molecular complexity index is 1250. The normalized spacial score (nSPS) is 16.9. The first-order valence-electron chi connectivity index (χ1n) is 10.2. The van der Waals surface area contributed by atoms with Gasteiger partial charge in [0.2, 0.25) is 11.8 Å². The molecule has 1 saturated heterocycles. The van der Waals surface area contributed by atoms with Gasteiger partial charge in [0.25, 0.3) is 5.89 Å². The molecule has 2 aromatic heterocycles. The van der Waals surface area contributed by atoms with E-state index in [1.54, 1.807) is 0 Å². The lowest BCUT2D eigenvalue weighted by Crippen LogP contribution is -2.39. The molecule has 6 nitrogen and oxygen atoms in total. The van der Waals surface area contributed by atoms with Crippen molar-refractivity contribution in [3.63, 3.8) is 0 Å². The van der Waals surface area contributed by atoms with Crippen LogP contribution in [0.25, 0.3) is 22.5 Å². The van der Waals surface area contributed by atoms with Crippen molar-refractivity contribution in [2.75, 3.05) is 11.4 Å². The lowest BCUT2D eigenvalue weighted by molar-refractivity contribution is -0.119. The topological polar surface area (TPSA) is 72.1 Å². The van der Waals surface area contributed by atoms with Crippen LogP contribution < -0.4 is 4.90 Å². The number of benzene rings is 2. The van der Waals surface area contributed by atoms with Crippen molar-refractivity contribution in [3.8, 4) is 11.6 Å². The van der Waals surface area contributed by atoms with Crippen molar-refractivity contribution in [1.29, 1.82) is 0 Å². The van der Waals surface area contributed by atoms with Crippen LogP contribution in [0.3, 0.4) is 0 Å². The van der Waals surface area contributed by atoms with Crippen LogP contribution in [-0.4, -0.2) is 27.6 Å². The number of hydrogen-bond acceptors (Lipinski definition) is 5. The molecule has 1 amide bonds. The molecule has 0 saturated carbocycles. The number of aromatic nitrogens is 3. The predicted octanol–water partition coefficient (Wildman–Crippen LogP) is 4.81. The van der Waals surface area contributed by atoms with E-state index in [1.807, 2.05) is 47.4 Å². The molecule has 5 rings (SSSR count). The molecule has 2 aromatic carbocycles. The third-order valence-corrected chi connectivity index (χ3v) is 5.82. The Hall–Kier alpha value is -3.54. The van der Waals surface area contributed by atoms with Crippen LogP contribution in [0.2, 0.25) is 0 Å². The maximum absolute atomic E-state index is 12.6. The molecule has 1 fully saturated rings. The summed E-state index contributed by atoms with van der Waals surface area (Å²) >= 11 is 0. The second-order valence-corrected chi connectivity index (χ2v) is 7.84. The maximum Gasteiger partial charge on any atom is 0.266 e. The van der Waals surface area contributed by atoms with Gasteiger partial charge in [-0.25, -0.2) is 4.98 Å². The highest BCUT2D eigenvalue weighted by atomic mass is 16.4. The highest BCUT2D eigenvalue weighted by molar-refractivity contribution is 5.94. The van der Waals surface area contributed by atoms with Gasteiger partial charge in [0.1, 0.15) is 5.69 Å². The molecule has 0 N–H and O–H groups in total. The Kier molecular flexibility index (Phi) is 4.54. The minimum atomic E-state index is 0.00557. The van der Waals surface area contributed by atoms with Crippen LogP contribution in [0.15, 0.2) is 59.0 Å². The molecule has 3 heterocycles. The van der Waals surface area contributed by atoms with E-state index in [-0.39, 0.29) is 11.8 Å². The lowest BCUT2D eigenvalue weighted by atomic mass is 9.96. The van der Waals surface area contributed by atoms with Gasteiger partial charge in [-0.1, -0.05) is 30.3 Å². The fourth-order valence-electron chi connectivity index (χ4n) is 3.88. The molecule has 1 atom stereocenters. The number of aryl methyl sites for hydroxylation is 2. The number of carbonyl (C=O) groups is 1. The summed E-state index contributed by atoms with van der Waals surface area (Å²) in [5.74, 6) is 1.10. The first kappa shape index (κ1) is 18.5. The number of piperidine rings is 1. The van der Waals surface area contributed by atoms with E-state index < -0.39 is 0 Å². The quantitative estimate of drug-likeness (QED) is 0.495. The molecule has 0 bridgehead atoms. The van der Waals surface area contributed by atoms with Crippen LogP contribution in [-0.2, 0) is 4.79 Å². The molecule has 4 aromatic rings. The number of fused-ring (bicyclic) bond motifs is 1. The van der Waals surface area contributed by atoms with Gasteiger partial charge >= 0.3 is 0 Å². The lowest BCUT2D eigenvalue weighted by Gasteiger charge is -2.31. The van der Waals surface area contributed by atoms with E-state index in [1.165, 1.54) is 11.1 Å². The molecule has 1 aliphatic heterocycles. The molecule has 1 unspecified atom stereocenters. The first-order valence-corrected chi connectivity index (χ1v) is 10.2. The van der Waals surface area contributed by atoms with Gasteiger partial charge in [-0.05, 0) is 55.7 Å². The monoisotopic (exact) mass is 398 g/mol. The Morgan fingerprint density at radius 2 is 1.87 bits per heavy atom. The Morgan fingerprint density at radius 1 is 1.00 bits per heavy atom. The molecular formula is C24H22N4O2. The smallest absolute Gasteiger partial charge is 0.266 e. The zero-order chi connectivity index (χ0) is 20.7. The van der Waals surface area contributed by atoms with Gasteiger partial charge in [0, 0.05) is 24.0 Å². The number of carbonyl (C=O) groups excluding carboxylic acids is 1. The van der Waals surface area contributed by atoms with Crippen LogP contribution >= 0.6 is 0 Å². The Labute approximate surface area is 174 Å². The SMILES string of the molecule is Cc1ccc(N2CC(c3nnc(-c4ccc5ccccc5n4)o3)CCC2=O)cc1C. The fraction of sp³-hybridized carbons (Fsp3) is 0.250. The van der Waals surface area contributed by atoms with Crippen molar-refractivity contribution >= 4 is 22.5 Å². The summed E-state index contributed by atoms with van der Waals surface area (Å²) in [6.45, 7) is 4.67. The average Bonchev–Trinajstić information content (AvgIpc) is 3.26. The number of amides is 1. The number of rotatable bonds is 3. The largest absolute Gasteiger partial charge is 0.419 e. The maximum atomic E-state index is 12.6. The summed E-state index contributed by atoms with van der Waals surface area (Å²) in [6, 6.07) is 17.9. The molecule has 0 spiro atoms. The highest BCUT2D eigenvalue weighted by Gasteiger charge is 2.31. The molecule has 6 heteroatoms. The van der Waals surface area contributed by atoms with Gasteiger partial charge < -0.3 is 9.32 Å². The zero-order valence-electron chi connectivity index (χ0n) is 17.0. The van der Waals surface area contributed by atoms with E-state index in [0.29, 0.717) is 36.9 Å². The second kappa shape index (κ2) is 7.37. The molecule has 30 heavy (non-hydrogen) atoms. The summed E-state index contributed by atoms with van der Waals surface area (Å²) in [7, 11) is 0. The standard InChI is InChI=1S/C24H22N4O2/c1-15-7-10-19(13-16(15)2)28-14-18(9-12-22(28)29)23-26-27-24(30-23)21-11-8-17-5-3-4-6-20(17)25-21/h3-8,10-11,13,18H,9,12,14H2,1-2H3. The van der Waals surface area contributed by atoms with Crippen LogP contribution in [0.4, 0.5) is 5.69 Å². The predicted molar refractivity (Wildman–Crippen MR) is 115 cm³/mol. The van der Waals surface area contributed by atoms with Gasteiger partial charge in [0.05, 0.1) is 11.4 Å². The molecule has 0 radical (unpaired) electrons. The van der Waals surface area contributed by atoms with Crippen molar-refractivity contribution < 1.29 is 9.21 Å². The molecule has 150 valence electrons. The third kappa shape index (κ3) is 3.34. The molecule has 0 aliphatic carbocycles. The van der Waals surface area contributed by atoms with Crippen molar-refractivity contribution in [2.24, 2.45) is 0 Å². The molecule has 1 aliphatic rings. The van der Waals surface area contributed by atoms with E-state index in [9.17, 15) is 4.79 Å². The summed E-state index contributed by atoms with van der Waals surface area (Å²) in [6.07, 6.45) is 1.16. The van der Waals surface area contributed by atoms with E-state index >= 15 is 0 Å². The summed E-state index contributed by atoms with van der Waals surface area (Å²) in [4.78, 5) is 19.0. The molecular weight excluding hydrogens is 376 g/mol. The summed E-state index contributed by atoms with van der Waals surface area (Å²) < 4.78 is 6.00. The van der Waals surface area contributed by atoms with Gasteiger partial charge in [-0.3, -0.25) is 4.79 Å². The summed E-state index contributed by atoms with van der Waals surface area (Å²) in [5, 5.41) is 9.58.